The van der Waals surface area contributed by atoms with E-state index in [0.717, 1.165) is 18.5 Å². The highest BCUT2D eigenvalue weighted by Crippen LogP contribution is 2.08. The van der Waals surface area contributed by atoms with Gasteiger partial charge in [-0.25, -0.2) is 4.98 Å². The highest BCUT2D eigenvalue weighted by molar-refractivity contribution is 5.16. The van der Waals surface area contributed by atoms with Gasteiger partial charge in [0.05, 0.1) is 12.3 Å². The maximum absolute atomic E-state index is 5.60. The van der Waals surface area contributed by atoms with Gasteiger partial charge in [0, 0.05) is 12.6 Å². The van der Waals surface area contributed by atoms with Crippen molar-refractivity contribution in [3.63, 3.8) is 0 Å². The molecular formula is C15H18N2O. The van der Waals surface area contributed by atoms with Crippen LogP contribution in [0.5, 0.6) is 5.88 Å². The van der Waals surface area contributed by atoms with E-state index in [-0.39, 0.29) is 0 Å². The van der Waals surface area contributed by atoms with Crippen LogP contribution in [0.1, 0.15) is 17.7 Å². The van der Waals surface area contributed by atoms with Crippen LogP contribution in [0.2, 0.25) is 0 Å². The van der Waals surface area contributed by atoms with E-state index in [1.807, 2.05) is 24.3 Å². The number of benzene rings is 1. The zero-order valence-electron chi connectivity index (χ0n) is 10.4. The molecule has 0 fully saturated rings. The maximum atomic E-state index is 5.60. The predicted octanol–water partition coefficient (Wildman–Crippen LogP) is 2.55. The lowest BCUT2D eigenvalue weighted by Crippen LogP contribution is -2.04. The Bertz CT molecular complexity index is 471. The third kappa shape index (κ3) is 3.86. The van der Waals surface area contributed by atoms with Crippen molar-refractivity contribution in [2.75, 3.05) is 6.61 Å². The molecule has 3 heteroatoms. The number of pyridine rings is 1. The van der Waals surface area contributed by atoms with E-state index < -0.39 is 0 Å². The van der Waals surface area contributed by atoms with Crippen molar-refractivity contribution in [3.8, 4) is 5.88 Å². The molecule has 2 aromatic rings. The Morgan fingerprint density at radius 1 is 1.00 bits per heavy atom. The molecule has 1 aromatic heterocycles. The van der Waals surface area contributed by atoms with Gasteiger partial charge in [0.1, 0.15) is 0 Å². The third-order valence-corrected chi connectivity index (χ3v) is 2.69. The average molecular weight is 242 g/mol. The van der Waals surface area contributed by atoms with Gasteiger partial charge in [-0.05, 0) is 24.5 Å². The first-order valence-electron chi connectivity index (χ1n) is 6.21. The molecule has 0 aliphatic heterocycles. The van der Waals surface area contributed by atoms with Crippen molar-refractivity contribution in [1.29, 1.82) is 0 Å². The van der Waals surface area contributed by atoms with Crippen LogP contribution in [0, 0.1) is 0 Å². The van der Waals surface area contributed by atoms with Crippen LogP contribution in [-0.4, -0.2) is 11.6 Å². The van der Waals surface area contributed by atoms with Gasteiger partial charge in [0.2, 0.25) is 5.88 Å². The van der Waals surface area contributed by atoms with Crippen molar-refractivity contribution in [2.45, 2.75) is 19.4 Å². The molecule has 2 rings (SSSR count). The number of ether oxygens (including phenoxy) is 1. The normalized spacial score (nSPS) is 10.3. The molecule has 0 amide bonds. The molecule has 2 N–H and O–H groups in total. The molecule has 3 nitrogen and oxygen atoms in total. The maximum Gasteiger partial charge on any atom is 0.213 e. The first kappa shape index (κ1) is 12.6. The fourth-order valence-corrected chi connectivity index (χ4v) is 1.75. The van der Waals surface area contributed by atoms with Crippen LogP contribution in [0.4, 0.5) is 0 Å². The summed E-state index contributed by atoms with van der Waals surface area (Å²) in [5, 5.41) is 0. The molecule has 0 radical (unpaired) electrons. The minimum absolute atomic E-state index is 0.446. The first-order valence-corrected chi connectivity index (χ1v) is 6.21. The van der Waals surface area contributed by atoms with E-state index in [1.54, 1.807) is 0 Å². The van der Waals surface area contributed by atoms with E-state index in [0.29, 0.717) is 19.0 Å². The molecule has 1 aromatic carbocycles. The van der Waals surface area contributed by atoms with Crippen LogP contribution in [0.25, 0.3) is 0 Å². The fraction of sp³-hybridized carbons (Fsp3) is 0.267. The van der Waals surface area contributed by atoms with Crippen LogP contribution in [0.3, 0.4) is 0 Å². The summed E-state index contributed by atoms with van der Waals surface area (Å²) in [6.07, 6.45) is 2.01. The highest BCUT2D eigenvalue weighted by atomic mass is 16.5. The molecule has 0 unspecified atom stereocenters. The summed E-state index contributed by atoms with van der Waals surface area (Å²) in [6, 6.07) is 16.1. The molecule has 1 heterocycles. The van der Waals surface area contributed by atoms with E-state index in [9.17, 15) is 0 Å². The van der Waals surface area contributed by atoms with E-state index in [2.05, 4.69) is 29.2 Å². The lowest BCUT2D eigenvalue weighted by Gasteiger charge is -2.06. The molecule has 18 heavy (non-hydrogen) atoms. The highest BCUT2D eigenvalue weighted by Gasteiger charge is 1.97. The molecular weight excluding hydrogens is 224 g/mol. The van der Waals surface area contributed by atoms with E-state index in [4.69, 9.17) is 10.5 Å². The lowest BCUT2D eigenvalue weighted by atomic mass is 10.1. The van der Waals surface area contributed by atoms with Crippen LogP contribution in [-0.2, 0) is 13.0 Å². The molecule has 0 saturated heterocycles. The van der Waals surface area contributed by atoms with Gasteiger partial charge in [0.15, 0.2) is 0 Å². The molecule has 0 atom stereocenters. The third-order valence-electron chi connectivity index (χ3n) is 2.69. The number of nitrogens with zero attached hydrogens (tertiary/aromatic N) is 1. The Kier molecular flexibility index (Phi) is 4.73. The van der Waals surface area contributed by atoms with Gasteiger partial charge in [-0.3, -0.25) is 0 Å². The number of hydrogen-bond donors (Lipinski definition) is 1. The van der Waals surface area contributed by atoms with Crippen LogP contribution < -0.4 is 10.5 Å². The molecule has 94 valence electrons. The summed E-state index contributed by atoms with van der Waals surface area (Å²) in [5.41, 5.74) is 7.73. The second kappa shape index (κ2) is 6.77. The van der Waals surface area contributed by atoms with Gasteiger partial charge in [0.25, 0.3) is 0 Å². The van der Waals surface area contributed by atoms with Gasteiger partial charge >= 0.3 is 0 Å². The summed E-state index contributed by atoms with van der Waals surface area (Å²) in [6.45, 7) is 1.12. The summed E-state index contributed by atoms with van der Waals surface area (Å²) in [5.74, 6) is 0.658. The molecule has 0 spiro atoms. The minimum Gasteiger partial charge on any atom is -0.478 e. The van der Waals surface area contributed by atoms with Gasteiger partial charge in [-0.2, -0.15) is 0 Å². The van der Waals surface area contributed by atoms with Crippen molar-refractivity contribution in [2.24, 2.45) is 5.73 Å². The smallest absolute Gasteiger partial charge is 0.213 e. The Balaban J connectivity index is 1.75. The van der Waals surface area contributed by atoms with Crippen molar-refractivity contribution in [3.05, 3.63) is 59.8 Å². The topological polar surface area (TPSA) is 48.1 Å². The number of nitrogens with two attached hydrogens (primary N) is 1. The fourth-order valence-electron chi connectivity index (χ4n) is 1.75. The number of aromatic nitrogens is 1. The van der Waals surface area contributed by atoms with Gasteiger partial charge in [-0.15, -0.1) is 0 Å². The SMILES string of the molecule is NCc1cccc(OCCCc2ccccc2)n1. The average Bonchev–Trinajstić information content (AvgIpc) is 2.45. The van der Waals surface area contributed by atoms with Crippen molar-refractivity contribution >= 4 is 0 Å². The lowest BCUT2D eigenvalue weighted by molar-refractivity contribution is 0.298. The predicted molar refractivity (Wildman–Crippen MR) is 72.4 cm³/mol. The van der Waals surface area contributed by atoms with E-state index in [1.165, 1.54) is 5.56 Å². The molecule has 0 bridgehead atoms. The molecule has 0 saturated carbocycles. The standard InChI is InChI=1S/C15H18N2O/c16-12-14-9-4-10-15(17-14)18-11-5-8-13-6-2-1-3-7-13/h1-4,6-7,9-10H,5,8,11-12,16H2. The van der Waals surface area contributed by atoms with Crippen LogP contribution >= 0.6 is 0 Å². The quantitative estimate of drug-likeness (QED) is 0.792. The second-order valence-corrected chi connectivity index (χ2v) is 4.11. The Morgan fingerprint density at radius 3 is 2.61 bits per heavy atom. The number of hydrogen-bond acceptors (Lipinski definition) is 3. The summed E-state index contributed by atoms with van der Waals surface area (Å²) in [4.78, 5) is 4.29. The second-order valence-electron chi connectivity index (χ2n) is 4.11. The monoisotopic (exact) mass is 242 g/mol. The summed E-state index contributed by atoms with van der Waals surface area (Å²) in [7, 11) is 0. The zero-order valence-corrected chi connectivity index (χ0v) is 10.4. The molecule has 0 aliphatic carbocycles. The van der Waals surface area contributed by atoms with Crippen molar-refractivity contribution < 1.29 is 4.74 Å². The summed E-state index contributed by atoms with van der Waals surface area (Å²) >= 11 is 0. The first-order chi connectivity index (χ1) is 8.88. The molecule has 0 aliphatic rings. The van der Waals surface area contributed by atoms with Gasteiger partial charge in [-0.1, -0.05) is 36.4 Å². The number of aryl methyl sites for hydroxylation is 1. The van der Waals surface area contributed by atoms with Crippen molar-refractivity contribution in [1.82, 2.24) is 4.98 Å². The Morgan fingerprint density at radius 2 is 1.83 bits per heavy atom. The minimum atomic E-state index is 0.446. The largest absolute Gasteiger partial charge is 0.478 e. The van der Waals surface area contributed by atoms with Crippen LogP contribution in [0.15, 0.2) is 48.5 Å². The number of rotatable bonds is 6. The van der Waals surface area contributed by atoms with E-state index >= 15 is 0 Å². The van der Waals surface area contributed by atoms with Gasteiger partial charge < -0.3 is 10.5 Å². The Hall–Kier alpha value is -1.87. The summed E-state index contributed by atoms with van der Waals surface area (Å²) < 4.78 is 5.60. The Labute approximate surface area is 108 Å². The zero-order chi connectivity index (χ0) is 12.6.